The summed E-state index contributed by atoms with van der Waals surface area (Å²) in [5.41, 5.74) is 1.09. The zero-order valence-electron chi connectivity index (χ0n) is 16.4. The standard InChI is InChI=1S/C20H22N6O3/c1-3-25-11-15(18(27)14-5-4-13(2)23-19(14)25)20(28)24-16-10-17(22-12-21-16)26-6-8-29-9-7-26/h4-5,10-12H,3,6-9H2,1-2H3,(H,21,22,24,28). The molecule has 1 fully saturated rings. The van der Waals surface area contributed by atoms with Gasteiger partial charge in [0.2, 0.25) is 5.43 Å². The topological polar surface area (TPSA) is 102 Å². The van der Waals surface area contributed by atoms with Crippen LogP contribution in [-0.2, 0) is 11.3 Å². The summed E-state index contributed by atoms with van der Waals surface area (Å²) in [5, 5.41) is 3.14. The van der Waals surface area contributed by atoms with Gasteiger partial charge in [-0.05, 0) is 26.0 Å². The van der Waals surface area contributed by atoms with E-state index in [4.69, 9.17) is 4.74 Å². The lowest BCUT2D eigenvalue weighted by Crippen LogP contribution is -2.36. The highest BCUT2D eigenvalue weighted by Gasteiger charge is 2.18. The first-order valence-electron chi connectivity index (χ1n) is 9.53. The molecule has 4 heterocycles. The molecule has 0 bridgehead atoms. The van der Waals surface area contributed by atoms with E-state index >= 15 is 0 Å². The molecule has 29 heavy (non-hydrogen) atoms. The molecule has 9 nitrogen and oxygen atoms in total. The number of carbonyl (C=O) groups excluding carboxylic acids is 1. The van der Waals surface area contributed by atoms with Crippen LogP contribution >= 0.6 is 0 Å². The van der Waals surface area contributed by atoms with Gasteiger partial charge in [-0.3, -0.25) is 9.59 Å². The number of hydrogen-bond acceptors (Lipinski definition) is 7. The minimum Gasteiger partial charge on any atom is -0.378 e. The first-order valence-corrected chi connectivity index (χ1v) is 9.53. The van der Waals surface area contributed by atoms with Crippen LogP contribution in [0.5, 0.6) is 0 Å². The van der Waals surface area contributed by atoms with Gasteiger partial charge >= 0.3 is 0 Å². The van der Waals surface area contributed by atoms with Crippen LogP contribution in [-0.4, -0.2) is 51.7 Å². The maximum Gasteiger partial charge on any atom is 0.262 e. The summed E-state index contributed by atoms with van der Waals surface area (Å²) in [7, 11) is 0. The second-order valence-corrected chi connectivity index (χ2v) is 6.80. The Morgan fingerprint density at radius 2 is 2.03 bits per heavy atom. The number of morpholine rings is 1. The summed E-state index contributed by atoms with van der Waals surface area (Å²) in [6, 6.07) is 5.18. The molecule has 3 aromatic rings. The number of nitrogens with zero attached hydrogens (tertiary/aromatic N) is 5. The van der Waals surface area contributed by atoms with Crippen LogP contribution in [0.1, 0.15) is 23.0 Å². The summed E-state index contributed by atoms with van der Waals surface area (Å²) in [6.07, 6.45) is 2.95. The van der Waals surface area contributed by atoms with Gasteiger partial charge in [0, 0.05) is 37.6 Å². The van der Waals surface area contributed by atoms with Crippen molar-refractivity contribution in [3.63, 3.8) is 0 Å². The minimum absolute atomic E-state index is 0.0523. The highest BCUT2D eigenvalue weighted by Crippen LogP contribution is 2.17. The van der Waals surface area contributed by atoms with Crippen LogP contribution in [0.15, 0.2) is 35.5 Å². The average molecular weight is 394 g/mol. The van der Waals surface area contributed by atoms with E-state index in [1.165, 1.54) is 6.33 Å². The first kappa shape index (κ1) is 19.0. The Bertz CT molecular complexity index is 1120. The minimum atomic E-state index is -0.508. The molecule has 0 unspecified atom stereocenters. The summed E-state index contributed by atoms with van der Waals surface area (Å²) < 4.78 is 7.16. The van der Waals surface area contributed by atoms with Crippen molar-refractivity contribution in [2.24, 2.45) is 0 Å². The number of nitrogens with one attached hydrogen (secondary N) is 1. The molecule has 0 aliphatic carbocycles. The molecular weight excluding hydrogens is 372 g/mol. The fourth-order valence-corrected chi connectivity index (χ4v) is 3.33. The average Bonchev–Trinajstić information content (AvgIpc) is 2.74. The largest absolute Gasteiger partial charge is 0.378 e. The first-order chi connectivity index (χ1) is 14.1. The van der Waals surface area contributed by atoms with Gasteiger partial charge in [0.15, 0.2) is 0 Å². The number of amides is 1. The Labute approximate surface area is 167 Å². The van der Waals surface area contributed by atoms with E-state index in [0.717, 1.165) is 18.8 Å². The van der Waals surface area contributed by atoms with Gasteiger partial charge in [0.05, 0.1) is 18.6 Å². The highest BCUT2D eigenvalue weighted by atomic mass is 16.5. The predicted octanol–water partition coefficient (Wildman–Crippen LogP) is 1.60. The van der Waals surface area contributed by atoms with Crippen LogP contribution in [0, 0.1) is 6.92 Å². The Morgan fingerprint density at radius 1 is 1.24 bits per heavy atom. The van der Waals surface area contributed by atoms with Crippen molar-refractivity contribution in [3.8, 4) is 0 Å². The van der Waals surface area contributed by atoms with Crippen molar-refractivity contribution >= 4 is 28.6 Å². The Morgan fingerprint density at radius 3 is 2.79 bits per heavy atom. The molecule has 9 heteroatoms. The number of fused-ring (bicyclic) bond motifs is 1. The number of carbonyl (C=O) groups is 1. The zero-order valence-corrected chi connectivity index (χ0v) is 16.4. The number of rotatable bonds is 4. The monoisotopic (exact) mass is 394 g/mol. The maximum atomic E-state index is 12.9. The second kappa shape index (κ2) is 7.96. The van der Waals surface area contributed by atoms with E-state index in [1.54, 1.807) is 29.0 Å². The molecule has 1 amide bonds. The number of aryl methyl sites for hydroxylation is 2. The molecule has 0 radical (unpaired) electrons. The van der Waals surface area contributed by atoms with Crippen molar-refractivity contribution in [3.05, 3.63) is 52.2 Å². The van der Waals surface area contributed by atoms with Crippen molar-refractivity contribution in [2.75, 3.05) is 36.5 Å². The van der Waals surface area contributed by atoms with Crippen molar-refractivity contribution < 1.29 is 9.53 Å². The Kier molecular flexibility index (Phi) is 5.22. The molecule has 0 atom stereocenters. The van der Waals surface area contributed by atoms with Gasteiger partial charge in [-0.25, -0.2) is 15.0 Å². The Balaban J connectivity index is 1.65. The third-order valence-corrected chi connectivity index (χ3v) is 4.88. The van der Waals surface area contributed by atoms with Crippen molar-refractivity contribution in [1.29, 1.82) is 0 Å². The molecule has 0 saturated carbocycles. The van der Waals surface area contributed by atoms with Crippen molar-refractivity contribution in [2.45, 2.75) is 20.4 Å². The van der Waals surface area contributed by atoms with Gasteiger partial charge in [-0.15, -0.1) is 0 Å². The molecule has 1 saturated heterocycles. The number of anilines is 2. The maximum absolute atomic E-state index is 12.9. The molecule has 4 rings (SSSR count). The molecule has 1 aliphatic heterocycles. The lowest BCUT2D eigenvalue weighted by Gasteiger charge is -2.27. The third kappa shape index (κ3) is 3.81. The van der Waals surface area contributed by atoms with Crippen LogP contribution < -0.4 is 15.6 Å². The number of ether oxygens (including phenoxy) is 1. The van der Waals surface area contributed by atoms with E-state index in [1.807, 2.05) is 13.8 Å². The summed E-state index contributed by atoms with van der Waals surface area (Å²) >= 11 is 0. The van der Waals surface area contributed by atoms with Crippen LogP contribution in [0.3, 0.4) is 0 Å². The molecule has 1 aliphatic rings. The van der Waals surface area contributed by atoms with Gasteiger partial charge < -0.3 is 19.5 Å². The lowest BCUT2D eigenvalue weighted by molar-refractivity contribution is 0.102. The quantitative estimate of drug-likeness (QED) is 0.717. The van der Waals surface area contributed by atoms with E-state index < -0.39 is 5.91 Å². The van der Waals surface area contributed by atoms with Crippen LogP contribution in [0.2, 0.25) is 0 Å². The van der Waals surface area contributed by atoms with Crippen LogP contribution in [0.25, 0.3) is 11.0 Å². The molecule has 3 aromatic heterocycles. The smallest absolute Gasteiger partial charge is 0.262 e. The molecule has 0 aromatic carbocycles. The fraction of sp³-hybridized carbons (Fsp3) is 0.350. The zero-order chi connectivity index (χ0) is 20.4. The SMILES string of the molecule is CCn1cc(C(=O)Nc2cc(N3CCOCC3)ncn2)c(=O)c2ccc(C)nc21. The van der Waals surface area contributed by atoms with Gasteiger partial charge in [0.25, 0.3) is 5.91 Å². The second-order valence-electron chi connectivity index (χ2n) is 6.80. The number of hydrogen-bond donors (Lipinski definition) is 1. The summed E-state index contributed by atoms with van der Waals surface area (Å²) in [6.45, 7) is 7.10. The van der Waals surface area contributed by atoms with Crippen molar-refractivity contribution in [1.82, 2.24) is 19.5 Å². The normalized spacial score (nSPS) is 14.2. The Hall–Kier alpha value is -3.33. The summed E-state index contributed by atoms with van der Waals surface area (Å²) in [4.78, 5) is 40.7. The molecule has 1 N–H and O–H groups in total. The number of pyridine rings is 2. The molecule has 0 spiro atoms. The number of aromatic nitrogens is 4. The van der Waals surface area contributed by atoms with Gasteiger partial charge in [-0.2, -0.15) is 0 Å². The predicted molar refractivity (Wildman–Crippen MR) is 109 cm³/mol. The van der Waals surface area contributed by atoms with E-state index in [9.17, 15) is 9.59 Å². The molecular formula is C20H22N6O3. The van der Waals surface area contributed by atoms with E-state index in [0.29, 0.717) is 42.4 Å². The lowest BCUT2D eigenvalue weighted by atomic mass is 10.1. The van der Waals surface area contributed by atoms with E-state index in [-0.39, 0.29) is 11.0 Å². The van der Waals surface area contributed by atoms with Gasteiger partial charge in [-0.1, -0.05) is 0 Å². The third-order valence-electron chi connectivity index (χ3n) is 4.88. The molecule has 150 valence electrons. The summed E-state index contributed by atoms with van der Waals surface area (Å²) in [5.74, 6) is 0.546. The van der Waals surface area contributed by atoms with E-state index in [2.05, 4.69) is 25.2 Å². The fourth-order valence-electron chi connectivity index (χ4n) is 3.33. The van der Waals surface area contributed by atoms with Crippen LogP contribution in [0.4, 0.5) is 11.6 Å². The highest BCUT2D eigenvalue weighted by molar-refractivity contribution is 6.05. The van der Waals surface area contributed by atoms with Gasteiger partial charge in [0.1, 0.15) is 29.2 Å².